The minimum atomic E-state index is 0.436. The number of allylic oxidation sites excluding steroid dienone is 1. The number of carbonyl (C=O) groups excluding carboxylic acids is 2. The van der Waals surface area contributed by atoms with E-state index in [-0.39, 0.29) is 0 Å². The van der Waals surface area contributed by atoms with E-state index in [1.54, 1.807) is 12.1 Å². The van der Waals surface area contributed by atoms with Gasteiger partial charge < -0.3 is 0 Å². The third-order valence-corrected chi connectivity index (χ3v) is 2.20. The Hall–Kier alpha value is -1.96. The van der Waals surface area contributed by atoms with Gasteiger partial charge in [0, 0.05) is 16.4 Å². The fraction of sp³-hybridized carbons (Fsp3) is 0.294. The van der Waals surface area contributed by atoms with Gasteiger partial charge >= 0.3 is 0 Å². The predicted octanol–water partition coefficient (Wildman–Crippen LogP) is 2.89. The summed E-state index contributed by atoms with van der Waals surface area (Å²) in [7, 11) is 0. The highest BCUT2D eigenvalue weighted by Crippen LogP contribution is 1.91. The molecular formula is C17H24O2. The molecule has 0 unspecified atom stereocenters. The Morgan fingerprint density at radius 1 is 1.11 bits per heavy atom. The summed E-state index contributed by atoms with van der Waals surface area (Å²) in [4.78, 5) is 21.7. The molecule has 0 aromatic heterocycles. The molecule has 0 bridgehead atoms. The first-order valence-electron chi connectivity index (χ1n) is 6.61. The van der Waals surface area contributed by atoms with Gasteiger partial charge in [0.05, 0.1) is 0 Å². The van der Waals surface area contributed by atoms with E-state index >= 15 is 0 Å². The summed E-state index contributed by atoms with van der Waals surface area (Å²) < 4.78 is 0. The van der Waals surface area contributed by atoms with Crippen LogP contribution in [0.25, 0.3) is 11.6 Å². The molecule has 1 aromatic rings. The lowest BCUT2D eigenvalue weighted by atomic mass is 10.1. The second-order valence-electron chi connectivity index (χ2n) is 3.00. The summed E-state index contributed by atoms with van der Waals surface area (Å²) in [5, 5.41) is 1.52. The highest BCUT2D eigenvalue weighted by molar-refractivity contribution is 6.04. The van der Waals surface area contributed by atoms with E-state index in [1.165, 1.54) is 6.08 Å². The molecule has 0 radical (unpaired) electrons. The molecule has 0 aliphatic rings. The summed E-state index contributed by atoms with van der Waals surface area (Å²) in [6.45, 7) is 13.4. The van der Waals surface area contributed by atoms with Gasteiger partial charge in [0.2, 0.25) is 0 Å². The maximum absolute atomic E-state index is 10.9. The van der Waals surface area contributed by atoms with Crippen LogP contribution in [0.2, 0.25) is 0 Å². The van der Waals surface area contributed by atoms with Crippen molar-refractivity contribution in [2.24, 2.45) is 0 Å². The molecule has 0 amide bonds. The lowest BCUT2D eigenvalue weighted by Crippen LogP contribution is -2.30. The van der Waals surface area contributed by atoms with Crippen molar-refractivity contribution in [2.75, 3.05) is 0 Å². The molecule has 0 spiro atoms. The monoisotopic (exact) mass is 260 g/mol. The van der Waals surface area contributed by atoms with E-state index in [0.29, 0.717) is 22.6 Å². The second-order valence-corrected chi connectivity index (χ2v) is 3.00. The average molecular weight is 260 g/mol. The lowest BCUT2D eigenvalue weighted by Gasteiger charge is -1.97. The third kappa shape index (κ3) is 5.47. The first-order chi connectivity index (χ1) is 9.28. The number of rotatable bonds is 3. The Balaban J connectivity index is 0. The number of hydrogen-bond acceptors (Lipinski definition) is 2. The van der Waals surface area contributed by atoms with Crippen LogP contribution in [0.5, 0.6) is 0 Å². The minimum Gasteiger partial charge on any atom is -0.298 e. The summed E-state index contributed by atoms with van der Waals surface area (Å²) >= 11 is 0. The third-order valence-electron chi connectivity index (χ3n) is 2.20. The standard InChI is InChI=1S/C13H12O2.2C2H6/c1-3-10-6-5-7-12(9-15)13(10)11(4-2)8-14;2*1-2/h3-9H,2H2,1H3;2*1-2H3/b10-3-,13-11-;;. The van der Waals surface area contributed by atoms with Gasteiger partial charge in [-0.15, -0.1) is 0 Å². The lowest BCUT2D eigenvalue weighted by molar-refractivity contribution is -0.103. The number of benzene rings is 1. The van der Waals surface area contributed by atoms with Crippen LogP contribution in [0.15, 0.2) is 30.9 Å². The summed E-state index contributed by atoms with van der Waals surface area (Å²) in [5.41, 5.74) is 0.943. The van der Waals surface area contributed by atoms with Gasteiger partial charge in [-0.3, -0.25) is 9.59 Å². The maximum Gasteiger partial charge on any atom is 0.150 e. The Labute approximate surface area is 116 Å². The zero-order chi connectivity index (χ0) is 15.3. The molecule has 2 nitrogen and oxygen atoms in total. The molecule has 0 N–H and O–H groups in total. The minimum absolute atomic E-state index is 0.436. The molecule has 0 atom stereocenters. The largest absolute Gasteiger partial charge is 0.298 e. The number of hydrogen-bond donors (Lipinski definition) is 0. The Kier molecular flexibility index (Phi) is 12.7. The first kappa shape index (κ1) is 19.4. The van der Waals surface area contributed by atoms with Gasteiger partial charge in [-0.05, 0) is 12.1 Å². The van der Waals surface area contributed by atoms with Gasteiger partial charge in [0.25, 0.3) is 0 Å². The van der Waals surface area contributed by atoms with E-state index in [4.69, 9.17) is 0 Å². The maximum atomic E-state index is 10.9. The van der Waals surface area contributed by atoms with Gasteiger partial charge in [-0.2, -0.15) is 0 Å². The molecule has 1 rings (SSSR count). The highest BCUT2D eigenvalue weighted by Gasteiger charge is 1.99. The van der Waals surface area contributed by atoms with Crippen LogP contribution in [0, 0.1) is 0 Å². The second kappa shape index (κ2) is 12.5. The van der Waals surface area contributed by atoms with Crippen LogP contribution >= 0.6 is 0 Å². The van der Waals surface area contributed by atoms with Crippen molar-refractivity contribution in [3.8, 4) is 0 Å². The topological polar surface area (TPSA) is 34.1 Å². The SMILES string of the molecule is C=C/C(C=O)=c1/c(C=O)ccc/c1=C/C.CC.CC. The van der Waals surface area contributed by atoms with Crippen LogP contribution in [0.4, 0.5) is 0 Å². The summed E-state index contributed by atoms with van der Waals surface area (Å²) in [6, 6.07) is 5.33. The van der Waals surface area contributed by atoms with Crippen molar-refractivity contribution in [2.45, 2.75) is 34.6 Å². The van der Waals surface area contributed by atoms with Crippen LogP contribution in [-0.4, -0.2) is 12.6 Å². The normalized spacial score (nSPS) is 11.1. The molecule has 0 heterocycles. The average Bonchev–Trinajstić information content (AvgIpc) is 2.52. The molecular weight excluding hydrogens is 236 g/mol. The van der Waals surface area contributed by atoms with Gasteiger partial charge in [-0.25, -0.2) is 0 Å². The molecule has 0 aliphatic carbocycles. The van der Waals surface area contributed by atoms with Gasteiger partial charge in [0.1, 0.15) is 0 Å². The van der Waals surface area contributed by atoms with Crippen molar-refractivity contribution in [1.29, 1.82) is 0 Å². The molecule has 104 valence electrons. The van der Waals surface area contributed by atoms with E-state index in [9.17, 15) is 9.59 Å². The zero-order valence-electron chi connectivity index (χ0n) is 12.6. The van der Waals surface area contributed by atoms with Crippen LogP contribution < -0.4 is 10.4 Å². The highest BCUT2D eigenvalue weighted by atomic mass is 16.1. The van der Waals surface area contributed by atoms with Crippen molar-refractivity contribution in [3.05, 3.63) is 46.9 Å². The van der Waals surface area contributed by atoms with Crippen LogP contribution in [0.1, 0.15) is 45.0 Å². The van der Waals surface area contributed by atoms with E-state index < -0.39 is 0 Å². The Bertz CT molecular complexity index is 501. The molecule has 2 heteroatoms. The van der Waals surface area contributed by atoms with E-state index in [2.05, 4.69) is 6.58 Å². The molecule has 0 fully saturated rings. The molecule has 0 saturated carbocycles. The fourth-order valence-electron chi connectivity index (χ4n) is 1.47. The number of carbonyl (C=O) groups is 2. The smallest absolute Gasteiger partial charge is 0.150 e. The molecule has 0 aliphatic heterocycles. The summed E-state index contributed by atoms with van der Waals surface area (Å²) in [5.74, 6) is 0. The van der Waals surface area contributed by atoms with Crippen molar-refractivity contribution < 1.29 is 9.59 Å². The quantitative estimate of drug-likeness (QED) is 0.783. The summed E-state index contributed by atoms with van der Waals surface area (Å²) in [6.07, 6.45) is 4.77. The van der Waals surface area contributed by atoms with Crippen LogP contribution in [-0.2, 0) is 4.79 Å². The molecule has 19 heavy (non-hydrogen) atoms. The molecule has 0 saturated heterocycles. The number of aldehydes is 2. The van der Waals surface area contributed by atoms with Gasteiger partial charge in [0.15, 0.2) is 12.6 Å². The Morgan fingerprint density at radius 2 is 1.68 bits per heavy atom. The molecule has 1 aromatic carbocycles. The zero-order valence-corrected chi connectivity index (χ0v) is 12.6. The van der Waals surface area contributed by atoms with E-state index in [0.717, 1.165) is 11.5 Å². The fourth-order valence-corrected chi connectivity index (χ4v) is 1.47. The van der Waals surface area contributed by atoms with Crippen LogP contribution in [0.3, 0.4) is 0 Å². The Morgan fingerprint density at radius 3 is 2.05 bits per heavy atom. The predicted molar refractivity (Wildman–Crippen MR) is 83.6 cm³/mol. The van der Waals surface area contributed by atoms with Crippen molar-refractivity contribution >= 4 is 24.2 Å². The van der Waals surface area contributed by atoms with Crippen molar-refractivity contribution in [1.82, 2.24) is 0 Å². The van der Waals surface area contributed by atoms with E-state index in [1.807, 2.05) is 46.8 Å². The van der Waals surface area contributed by atoms with Gasteiger partial charge in [-0.1, -0.05) is 64.6 Å². The van der Waals surface area contributed by atoms with Crippen molar-refractivity contribution in [3.63, 3.8) is 0 Å². The first-order valence-corrected chi connectivity index (χ1v) is 6.61.